The molecule has 0 spiro atoms. The topological polar surface area (TPSA) is 249 Å². The Labute approximate surface area is 286 Å². The molecule has 49 heavy (non-hydrogen) atoms. The molecule has 1 saturated heterocycles. The van der Waals surface area contributed by atoms with Crippen LogP contribution in [0, 0.1) is 11.3 Å². The van der Waals surface area contributed by atoms with Crippen molar-refractivity contribution in [3.63, 3.8) is 0 Å². The molecular formula is C33H52N6O10. The van der Waals surface area contributed by atoms with Crippen LogP contribution in [0.3, 0.4) is 0 Å². The van der Waals surface area contributed by atoms with Crippen molar-refractivity contribution in [1.82, 2.24) is 31.9 Å². The molecule has 16 nitrogen and oxygen atoms in total. The Morgan fingerprint density at radius 1 is 0.837 bits per heavy atom. The number of amides is 5. The van der Waals surface area contributed by atoms with Gasteiger partial charge in [-0.2, -0.15) is 0 Å². The predicted molar refractivity (Wildman–Crippen MR) is 176 cm³/mol. The second-order valence-electron chi connectivity index (χ2n) is 13.9. The van der Waals surface area contributed by atoms with E-state index >= 15 is 0 Å². The number of carboxylic acids is 1. The van der Waals surface area contributed by atoms with Crippen molar-refractivity contribution in [1.29, 1.82) is 0 Å². The second kappa shape index (κ2) is 18.4. The van der Waals surface area contributed by atoms with E-state index in [1.165, 1.54) is 13.8 Å². The molecule has 2 aliphatic rings. The minimum Gasteiger partial charge on any atom is -0.480 e. The van der Waals surface area contributed by atoms with Crippen molar-refractivity contribution in [3.8, 4) is 0 Å². The van der Waals surface area contributed by atoms with Crippen molar-refractivity contribution in [2.75, 3.05) is 13.1 Å². The number of ketones is 2. The molecule has 1 aliphatic heterocycles. The van der Waals surface area contributed by atoms with Crippen molar-refractivity contribution >= 4 is 47.1 Å². The summed E-state index contributed by atoms with van der Waals surface area (Å²) in [5, 5.41) is 35.7. The smallest absolute Gasteiger partial charge is 0.326 e. The van der Waals surface area contributed by atoms with E-state index in [-0.39, 0.29) is 80.4 Å². The van der Waals surface area contributed by atoms with E-state index in [2.05, 4.69) is 31.9 Å². The maximum absolute atomic E-state index is 13.7. The summed E-state index contributed by atoms with van der Waals surface area (Å²) in [4.78, 5) is 103. The first-order valence-electron chi connectivity index (χ1n) is 16.7. The van der Waals surface area contributed by atoms with Crippen molar-refractivity contribution < 1.29 is 48.6 Å². The SMILES string of the molecule is CC(NC1CCCCNC(=O)CCNC(=O)CCC(C(=O)NC(C(=O)O)C(C)C)NC(=O)C([C@@H](C)O)NC1=O)=C1C(=O)CC(C)(C)CC1=O. The maximum Gasteiger partial charge on any atom is 0.326 e. The Morgan fingerprint density at radius 3 is 2.00 bits per heavy atom. The molecule has 5 amide bonds. The maximum atomic E-state index is 13.7. The number of aliphatic hydroxyl groups excluding tert-OH is 1. The molecule has 1 saturated carbocycles. The van der Waals surface area contributed by atoms with Gasteiger partial charge in [0.25, 0.3) is 0 Å². The number of aliphatic hydroxyl groups is 1. The fourth-order valence-corrected chi connectivity index (χ4v) is 5.71. The van der Waals surface area contributed by atoms with Crippen LogP contribution in [0.4, 0.5) is 0 Å². The van der Waals surface area contributed by atoms with Crippen LogP contribution in [0.25, 0.3) is 0 Å². The third-order valence-electron chi connectivity index (χ3n) is 8.42. The van der Waals surface area contributed by atoms with Gasteiger partial charge in [0.1, 0.15) is 24.2 Å². The van der Waals surface area contributed by atoms with E-state index < -0.39 is 71.2 Å². The quantitative estimate of drug-likeness (QED) is 0.123. The summed E-state index contributed by atoms with van der Waals surface area (Å²) in [7, 11) is 0. The van der Waals surface area contributed by atoms with Gasteiger partial charge in [0.15, 0.2) is 11.6 Å². The number of aliphatic carboxylic acids is 1. The number of carboxylic acid groups (broad SMARTS) is 1. The molecule has 274 valence electrons. The summed E-state index contributed by atoms with van der Waals surface area (Å²) in [6, 6.07) is -5.40. The van der Waals surface area contributed by atoms with Gasteiger partial charge < -0.3 is 42.1 Å². The van der Waals surface area contributed by atoms with E-state index in [0.717, 1.165) is 0 Å². The molecular weight excluding hydrogens is 640 g/mol. The molecule has 2 rings (SSSR count). The van der Waals surface area contributed by atoms with E-state index in [4.69, 9.17) is 0 Å². The van der Waals surface area contributed by atoms with Gasteiger partial charge in [0.05, 0.1) is 11.7 Å². The van der Waals surface area contributed by atoms with Crippen LogP contribution in [0.2, 0.25) is 0 Å². The zero-order valence-corrected chi connectivity index (χ0v) is 29.2. The molecule has 0 aromatic rings. The average Bonchev–Trinajstić information content (AvgIpc) is 2.97. The van der Waals surface area contributed by atoms with Gasteiger partial charge in [0.2, 0.25) is 29.5 Å². The van der Waals surface area contributed by atoms with Gasteiger partial charge in [-0.25, -0.2) is 4.79 Å². The van der Waals surface area contributed by atoms with Crippen LogP contribution >= 0.6 is 0 Å². The number of hydrogen-bond donors (Lipinski definition) is 8. The summed E-state index contributed by atoms with van der Waals surface area (Å²) in [5.41, 5.74) is -0.335. The van der Waals surface area contributed by atoms with Gasteiger partial charge in [-0.15, -0.1) is 0 Å². The molecule has 2 fully saturated rings. The highest BCUT2D eigenvalue weighted by molar-refractivity contribution is 6.22. The summed E-state index contributed by atoms with van der Waals surface area (Å²) < 4.78 is 0. The number of Topliss-reactive ketones (excluding diaryl/α,β-unsaturated/α-hetero) is 2. The molecule has 0 radical (unpaired) electrons. The van der Waals surface area contributed by atoms with E-state index in [0.29, 0.717) is 12.8 Å². The summed E-state index contributed by atoms with van der Waals surface area (Å²) in [6.45, 7) is 9.85. The lowest BCUT2D eigenvalue weighted by Gasteiger charge is -2.31. The molecule has 4 unspecified atom stereocenters. The molecule has 0 bridgehead atoms. The van der Waals surface area contributed by atoms with Crippen LogP contribution in [0.1, 0.15) is 92.9 Å². The van der Waals surface area contributed by atoms with Gasteiger partial charge in [-0.3, -0.25) is 33.6 Å². The third kappa shape index (κ3) is 12.9. The average molecular weight is 693 g/mol. The number of rotatable bonds is 7. The zero-order valence-electron chi connectivity index (χ0n) is 29.2. The van der Waals surface area contributed by atoms with Gasteiger partial charge >= 0.3 is 5.97 Å². The van der Waals surface area contributed by atoms with Crippen molar-refractivity contribution in [2.45, 2.75) is 123 Å². The van der Waals surface area contributed by atoms with Gasteiger partial charge in [-0.05, 0) is 50.9 Å². The lowest BCUT2D eigenvalue weighted by molar-refractivity contribution is -0.144. The van der Waals surface area contributed by atoms with Gasteiger partial charge in [0, 0.05) is 44.5 Å². The molecule has 8 N–H and O–H groups in total. The highest BCUT2D eigenvalue weighted by atomic mass is 16.4. The van der Waals surface area contributed by atoms with Crippen LogP contribution in [0.15, 0.2) is 11.3 Å². The Kier molecular flexibility index (Phi) is 15.4. The molecule has 0 aromatic carbocycles. The van der Waals surface area contributed by atoms with E-state index in [1.807, 2.05) is 13.8 Å². The first-order chi connectivity index (χ1) is 22.8. The molecule has 0 aromatic heterocycles. The number of carbonyl (C=O) groups excluding carboxylic acids is 7. The highest BCUT2D eigenvalue weighted by Gasteiger charge is 2.38. The fraction of sp³-hybridized carbons (Fsp3) is 0.697. The lowest BCUT2D eigenvalue weighted by atomic mass is 9.73. The van der Waals surface area contributed by atoms with E-state index in [9.17, 15) is 48.6 Å². The third-order valence-corrected chi connectivity index (χ3v) is 8.42. The Balaban J connectivity index is 2.41. The number of allylic oxidation sites excluding steroid dienone is 2. The number of carbonyl (C=O) groups is 8. The van der Waals surface area contributed by atoms with Crippen molar-refractivity contribution in [2.24, 2.45) is 11.3 Å². The molecule has 1 aliphatic carbocycles. The van der Waals surface area contributed by atoms with Crippen LogP contribution in [-0.4, -0.2) is 101 Å². The predicted octanol–water partition coefficient (Wildman–Crippen LogP) is -0.661. The summed E-state index contributed by atoms with van der Waals surface area (Å²) in [5.74, 6) is -5.98. The number of hydrogen-bond acceptors (Lipinski definition) is 10. The summed E-state index contributed by atoms with van der Waals surface area (Å²) in [6.07, 6.45) is -0.731. The first-order valence-corrected chi connectivity index (χ1v) is 16.7. The van der Waals surface area contributed by atoms with Crippen molar-refractivity contribution in [3.05, 3.63) is 11.3 Å². The molecule has 1 heterocycles. The van der Waals surface area contributed by atoms with Crippen LogP contribution < -0.4 is 31.9 Å². The van der Waals surface area contributed by atoms with Crippen LogP contribution in [-0.2, 0) is 38.4 Å². The zero-order chi connectivity index (χ0) is 37.1. The highest BCUT2D eigenvalue weighted by Crippen LogP contribution is 2.34. The number of nitrogens with one attached hydrogen (secondary N) is 6. The normalized spacial score (nSPS) is 24.9. The Hall–Kier alpha value is -4.34. The fourth-order valence-electron chi connectivity index (χ4n) is 5.71. The van der Waals surface area contributed by atoms with E-state index in [1.54, 1.807) is 13.8 Å². The Bertz CT molecular complexity index is 1300. The largest absolute Gasteiger partial charge is 0.480 e. The Morgan fingerprint density at radius 2 is 1.43 bits per heavy atom. The lowest BCUT2D eigenvalue weighted by Crippen LogP contribution is -2.60. The second-order valence-corrected chi connectivity index (χ2v) is 13.9. The molecule has 5 atom stereocenters. The first kappa shape index (κ1) is 40.8. The van der Waals surface area contributed by atoms with Gasteiger partial charge in [-0.1, -0.05) is 27.7 Å². The molecule has 16 heteroatoms. The van der Waals surface area contributed by atoms with Crippen LogP contribution in [0.5, 0.6) is 0 Å². The minimum absolute atomic E-state index is 0.0133. The standard InChI is InChI=1S/C33H52N6O10/c1-17(2)27(32(48)49)38-30(46)21-10-11-24(43)35-14-12-25(44)34-13-8-7-9-20(29(45)39-28(19(4)40)31(47)37-21)36-18(3)26-22(41)15-33(5,6)16-23(26)42/h17,19-21,27-28,36,40H,7-16H2,1-6H3,(H,34,44)(H,35,43)(H,37,47)(H,38,46)(H,39,45)(H,48,49)/t19-,20?,21?,27?,28?/m1/s1. The monoisotopic (exact) mass is 692 g/mol. The summed E-state index contributed by atoms with van der Waals surface area (Å²) >= 11 is 0. The minimum atomic E-state index is -1.59.